The second-order valence-corrected chi connectivity index (χ2v) is 22.4. The van der Waals surface area contributed by atoms with E-state index in [1.807, 2.05) is 66.1 Å². The lowest BCUT2D eigenvalue weighted by atomic mass is 10.0. The number of methoxy groups -OCH3 is 2. The van der Waals surface area contributed by atoms with E-state index in [1.54, 1.807) is 44.3 Å². The van der Waals surface area contributed by atoms with Crippen LogP contribution < -0.4 is 29.2 Å². The lowest BCUT2D eigenvalue weighted by Crippen LogP contribution is -2.44. The van der Waals surface area contributed by atoms with Crippen molar-refractivity contribution < 1.29 is 35.2 Å². The van der Waals surface area contributed by atoms with Gasteiger partial charge in [0, 0.05) is 146 Å². The third kappa shape index (κ3) is 14.4. The van der Waals surface area contributed by atoms with Gasteiger partial charge in [0.15, 0.2) is 21.8 Å². The molecule has 0 spiro atoms. The molecule has 78 heavy (non-hydrogen) atoms. The predicted octanol–water partition coefficient (Wildman–Crippen LogP) is 15.3. The quantitative estimate of drug-likeness (QED) is 0.0602. The highest BCUT2D eigenvalue weighted by molar-refractivity contribution is 15.0. The zero-order valence-electron chi connectivity index (χ0n) is 42.9. The maximum Gasteiger partial charge on any atom is 0.534 e. The molecule has 10 rings (SSSR count). The molecule has 2 saturated heterocycles. The highest BCUT2D eigenvalue weighted by Gasteiger charge is 2.49. The Hall–Kier alpha value is -3.91. The fourth-order valence-corrected chi connectivity index (χ4v) is 11.7. The first-order chi connectivity index (χ1) is 36.9. The number of rotatable bonds is 14. The summed E-state index contributed by atoms with van der Waals surface area (Å²) >= 11 is 20.4. The first-order valence-corrected chi connectivity index (χ1v) is 34.0. The first-order valence-electron chi connectivity index (χ1n) is 23.9. The van der Waals surface area contributed by atoms with Crippen LogP contribution in [0, 0.1) is 13.8 Å². The van der Waals surface area contributed by atoms with Gasteiger partial charge in [0.2, 0.25) is 0 Å². The molecular weight excluding hydrogens is 1450 g/mol. The molecule has 0 atom stereocenters. The van der Waals surface area contributed by atoms with Crippen molar-refractivity contribution in [2.24, 2.45) is 14.1 Å². The summed E-state index contributed by atoms with van der Waals surface area (Å²) in [6.45, 7) is 8.47. The lowest BCUT2D eigenvalue weighted by molar-refractivity contribution is -0.0500. The fraction of sp³-hybridized carbons (Fsp3) is 0.308. The van der Waals surface area contributed by atoms with Crippen LogP contribution in [0.2, 0.25) is 10.0 Å². The molecular formula is C52H54Cl2F3I3N10O5S3. The molecule has 4 aromatic carbocycles. The molecule has 26 heteroatoms. The molecule has 15 nitrogen and oxygen atoms in total. The van der Waals surface area contributed by atoms with Gasteiger partial charge >= 0.3 is 15.6 Å². The zero-order chi connectivity index (χ0) is 55.2. The normalized spacial score (nSPS) is 14.0. The van der Waals surface area contributed by atoms with Gasteiger partial charge in [-0.2, -0.15) is 21.6 Å². The van der Waals surface area contributed by atoms with Gasteiger partial charge in [-0.15, -0.1) is 24.0 Å². The Kier molecular flexibility index (Phi) is 21.5. The van der Waals surface area contributed by atoms with E-state index < -0.39 is 21.4 Å². The minimum atomic E-state index is -5.90. The molecule has 4 aromatic heterocycles. The molecule has 0 bridgehead atoms. The van der Waals surface area contributed by atoms with E-state index >= 15 is 0 Å². The number of nitrogens with zero attached hydrogens (tertiary/aromatic N) is 8. The Labute approximate surface area is 509 Å². The van der Waals surface area contributed by atoms with Crippen molar-refractivity contribution in [3.8, 4) is 17.2 Å². The number of benzene rings is 4. The third-order valence-electron chi connectivity index (χ3n) is 13.0. The van der Waals surface area contributed by atoms with Gasteiger partial charge in [0.1, 0.15) is 5.75 Å². The minimum absolute atomic E-state index is 0. The van der Waals surface area contributed by atoms with Gasteiger partial charge in [0.05, 0.1) is 52.4 Å². The molecule has 0 unspecified atom stereocenters. The largest absolute Gasteiger partial charge is 0.534 e. The molecule has 2 N–H and O–H groups in total. The number of imidazole rings is 2. The number of hydrogen-bond acceptors (Lipinski definition) is 15. The minimum Gasteiger partial charge on any atom is -0.495 e. The monoisotopic (exact) mass is 1500 g/mol. The zero-order valence-corrected chi connectivity index (χ0v) is 53.5. The number of piperidine rings is 1. The van der Waals surface area contributed by atoms with Crippen molar-refractivity contribution in [3.05, 3.63) is 119 Å². The smallest absolute Gasteiger partial charge is 0.495 e. The maximum absolute atomic E-state index is 12.8. The molecule has 416 valence electrons. The Morgan fingerprint density at radius 1 is 0.679 bits per heavy atom. The van der Waals surface area contributed by atoms with E-state index in [2.05, 4.69) is 102 Å². The van der Waals surface area contributed by atoms with E-state index in [1.165, 1.54) is 69.9 Å². The topological polar surface area (TPSA) is 154 Å². The summed E-state index contributed by atoms with van der Waals surface area (Å²) in [5.74, 6) is 0.0337. The van der Waals surface area contributed by atoms with E-state index in [9.17, 15) is 21.6 Å². The SMILES string of the molecule is COc1cc2c(Nc3ccc(Sc4nccn4C)c(Cl)c3)c(C)cnc2cc1N1CCC(N2CCCC2)CC1.COc1cc2c(Nc3ccc(Sc4nccn4C)c(Cl)c3)c(C)cnc2cc1OS(=O)(=O)C(F)(F)F.I.II. The Morgan fingerprint density at radius 3 is 1.59 bits per heavy atom. The molecule has 8 aromatic rings. The Balaban J connectivity index is 0.000000217. The van der Waals surface area contributed by atoms with E-state index in [0.717, 1.165) is 78.5 Å². The second kappa shape index (κ2) is 27.2. The van der Waals surface area contributed by atoms with E-state index in [0.29, 0.717) is 38.4 Å². The van der Waals surface area contributed by atoms with Gasteiger partial charge in [-0.25, -0.2) is 9.97 Å². The summed E-state index contributed by atoms with van der Waals surface area (Å²) in [4.78, 5) is 24.6. The summed E-state index contributed by atoms with van der Waals surface area (Å²) in [5, 5.41) is 11.2. The van der Waals surface area contributed by atoms with E-state index in [-0.39, 0.29) is 35.2 Å². The Bertz CT molecular complexity index is 3520. The molecule has 0 saturated carbocycles. The maximum atomic E-state index is 12.8. The molecule has 0 radical (unpaired) electrons. The number of aryl methyl sites for hydroxylation is 4. The van der Waals surface area contributed by atoms with Crippen LogP contribution in [-0.4, -0.2) is 94.3 Å². The molecule has 2 fully saturated rings. The highest BCUT2D eigenvalue weighted by atomic mass is 128. The molecule has 0 amide bonds. The number of fused-ring (bicyclic) bond motifs is 2. The average molecular weight is 1500 g/mol. The summed E-state index contributed by atoms with van der Waals surface area (Å²) in [6, 6.07) is 18.9. The summed E-state index contributed by atoms with van der Waals surface area (Å²) in [5.41, 5.74) is 1.59. The van der Waals surface area contributed by atoms with Gasteiger partial charge in [-0.1, -0.05) is 46.7 Å². The van der Waals surface area contributed by atoms with Crippen LogP contribution in [-0.2, 0) is 24.2 Å². The number of likely N-dealkylation sites (tertiary alicyclic amines) is 1. The van der Waals surface area contributed by atoms with Crippen molar-refractivity contribution in [1.29, 1.82) is 0 Å². The van der Waals surface area contributed by atoms with Crippen LogP contribution in [0.25, 0.3) is 21.8 Å². The molecule has 2 aliphatic rings. The predicted molar refractivity (Wildman–Crippen MR) is 335 cm³/mol. The van der Waals surface area contributed by atoms with Crippen LogP contribution in [0.3, 0.4) is 0 Å². The van der Waals surface area contributed by atoms with Crippen LogP contribution in [0.4, 0.5) is 41.6 Å². The number of ether oxygens (including phenoxy) is 2. The summed E-state index contributed by atoms with van der Waals surface area (Å²) in [6.07, 6.45) is 15.8. The number of hydrogen-bond donors (Lipinski definition) is 2. The second-order valence-electron chi connectivity index (χ2n) is 18.0. The van der Waals surface area contributed by atoms with Crippen molar-refractivity contribution in [3.63, 3.8) is 0 Å². The van der Waals surface area contributed by atoms with Crippen LogP contribution in [0.1, 0.15) is 36.8 Å². The number of pyridine rings is 2. The van der Waals surface area contributed by atoms with Crippen molar-refractivity contribution in [2.45, 2.75) is 71.2 Å². The van der Waals surface area contributed by atoms with Gasteiger partial charge < -0.3 is 43.2 Å². The van der Waals surface area contributed by atoms with Crippen molar-refractivity contribution >= 4 is 168 Å². The standard InChI is InChI=1S/C30H35ClN6OS.C22H18ClF3N4O4S2.I2.HI/c1-20-19-33-25-18-26(37-13-8-22(9-14-37)36-11-4-5-12-36)27(38-3)17-23(25)29(20)34-21-6-7-28(24(31)16-21)39-30-32-10-15-35(30)2;1-12-11-28-16-10-18(34-36(31,32)22(24,25)26)17(33-3)9-14(16)20(12)29-13-4-5-19(15(23)8-13)35-21-27-6-7-30(21)2;1-2;/h6-7,10,15-19,22H,4-5,8-9,11-14H2,1-3H3,(H,33,34);4-11H,1-3H3,(H,28,29);;1H. The van der Waals surface area contributed by atoms with Gasteiger partial charge in [0.25, 0.3) is 0 Å². The number of alkyl halides is 3. The molecule has 6 heterocycles. The van der Waals surface area contributed by atoms with Crippen molar-refractivity contribution in [2.75, 3.05) is 55.9 Å². The van der Waals surface area contributed by atoms with Crippen LogP contribution in [0.5, 0.6) is 17.2 Å². The number of anilines is 5. The molecule has 2 aliphatic heterocycles. The van der Waals surface area contributed by atoms with Crippen molar-refractivity contribution in [1.82, 2.24) is 34.0 Å². The average Bonchev–Trinajstić information content (AvgIpc) is 4.23. The third-order valence-corrected chi connectivity index (χ3v) is 17.1. The Morgan fingerprint density at radius 2 is 1.15 bits per heavy atom. The fourth-order valence-electron chi connectivity index (χ4n) is 9.03. The molecule has 0 aliphatic carbocycles. The van der Waals surface area contributed by atoms with Crippen LogP contribution >= 0.6 is 108 Å². The highest BCUT2D eigenvalue weighted by Crippen LogP contribution is 2.43. The lowest BCUT2D eigenvalue weighted by Gasteiger charge is -2.38. The number of aromatic nitrogens is 6. The number of halogens is 8. The summed E-state index contributed by atoms with van der Waals surface area (Å²) in [7, 11) is 0.901. The van der Waals surface area contributed by atoms with Gasteiger partial charge in [-0.3, -0.25) is 9.97 Å². The van der Waals surface area contributed by atoms with Crippen LogP contribution in [0.15, 0.2) is 118 Å². The first kappa shape index (κ1) is 61.7. The van der Waals surface area contributed by atoms with Gasteiger partial charge in [-0.05, 0) is 118 Å². The summed E-state index contributed by atoms with van der Waals surface area (Å²) < 4.78 is 80.7. The van der Waals surface area contributed by atoms with E-state index in [4.69, 9.17) is 37.7 Å². The number of nitrogens with one attached hydrogen (secondary N) is 2.